The van der Waals surface area contributed by atoms with Gasteiger partial charge in [-0.25, -0.2) is 0 Å². The van der Waals surface area contributed by atoms with Crippen molar-refractivity contribution in [3.63, 3.8) is 0 Å². The lowest BCUT2D eigenvalue weighted by atomic mass is 9.76. The van der Waals surface area contributed by atoms with Gasteiger partial charge in [-0.3, -0.25) is 14.4 Å². The molecule has 2 amide bonds. The van der Waals surface area contributed by atoms with Gasteiger partial charge in [0, 0.05) is 24.1 Å². The van der Waals surface area contributed by atoms with E-state index >= 15 is 0 Å². The number of carbonyl (C=O) groups excluding carboxylic acids is 3. The number of carbonyl (C=O) groups is 3. The van der Waals surface area contributed by atoms with Crippen LogP contribution >= 0.6 is 0 Å². The molecule has 0 fully saturated rings. The average Bonchev–Trinajstić information content (AvgIpc) is 2.91. The standard InChI is InChI=1S/C23H28N2O4/c1-12-7-13(2)20(14(3)8-12)25-18(27)11-24-22(28)21-15(4)19-16(26)9-23(5,6)10-17(19)29-21/h7-8H,9-11H2,1-6H3,(H,24,28)(H,25,27). The minimum absolute atomic E-state index is 0.000357. The second-order valence-corrected chi connectivity index (χ2v) is 8.80. The minimum atomic E-state index is -0.491. The largest absolute Gasteiger partial charge is 0.455 e. The summed E-state index contributed by atoms with van der Waals surface area (Å²) in [7, 11) is 0. The fourth-order valence-corrected chi connectivity index (χ4v) is 4.10. The third-order valence-electron chi connectivity index (χ3n) is 5.33. The number of amides is 2. The number of ketones is 1. The van der Waals surface area contributed by atoms with Crippen LogP contribution in [0.3, 0.4) is 0 Å². The number of furan rings is 1. The molecule has 2 N–H and O–H groups in total. The van der Waals surface area contributed by atoms with Crippen molar-refractivity contribution in [3.05, 3.63) is 51.5 Å². The smallest absolute Gasteiger partial charge is 0.287 e. The SMILES string of the molecule is Cc1cc(C)c(NC(=O)CNC(=O)c2oc3c(c2C)C(=O)CC(C)(C)C3)c(C)c1. The highest BCUT2D eigenvalue weighted by Gasteiger charge is 2.37. The molecule has 0 unspecified atom stereocenters. The topological polar surface area (TPSA) is 88.4 Å². The van der Waals surface area contributed by atoms with E-state index in [1.165, 1.54) is 0 Å². The van der Waals surface area contributed by atoms with Crippen LogP contribution in [0.2, 0.25) is 0 Å². The number of hydrogen-bond donors (Lipinski definition) is 2. The molecule has 29 heavy (non-hydrogen) atoms. The summed E-state index contributed by atoms with van der Waals surface area (Å²) in [6, 6.07) is 3.99. The fraction of sp³-hybridized carbons (Fsp3) is 0.435. The van der Waals surface area contributed by atoms with Gasteiger partial charge in [0.25, 0.3) is 5.91 Å². The van der Waals surface area contributed by atoms with E-state index in [0.717, 1.165) is 22.4 Å². The Balaban J connectivity index is 1.69. The summed E-state index contributed by atoms with van der Waals surface area (Å²) in [5.41, 5.74) is 4.70. The van der Waals surface area contributed by atoms with Gasteiger partial charge >= 0.3 is 0 Å². The maximum absolute atomic E-state index is 12.6. The first-order chi connectivity index (χ1) is 13.5. The van der Waals surface area contributed by atoms with Gasteiger partial charge in [0.2, 0.25) is 5.91 Å². The third kappa shape index (κ3) is 4.26. The highest BCUT2D eigenvalue weighted by molar-refractivity contribution is 6.04. The lowest BCUT2D eigenvalue weighted by molar-refractivity contribution is -0.115. The molecule has 3 rings (SSSR count). The quantitative estimate of drug-likeness (QED) is 0.816. The van der Waals surface area contributed by atoms with Crippen LogP contribution in [-0.4, -0.2) is 24.1 Å². The Morgan fingerprint density at radius 1 is 1.07 bits per heavy atom. The molecule has 0 aliphatic heterocycles. The number of anilines is 1. The summed E-state index contributed by atoms with van der Waals surface area (Å²) in [4.78, 5) is 37.4. The lowest BCUT2D eigenvalue weighted by Gasteiger charge is -2.27. The predicted molar refractivity (Wildman–Crippen MR) is 111 cm³/mol. The van der Waals surface area contributed by atoms with Gasteiger partial charge in [-0.2, -0.15) is 0 Å². The molecule has 6 heteroatoms. The van der Waals surface area contributed by atoms with Gasteiger partial charge in [0.1, 0.15) is 5.76 Å². The number of fused-ring (bicyclic) bond motifs is 1. The van der Waals surface area contributed by atoms with Crippen LogP contribution < -0.4 is 10.6 Å². The van der Waals surface area contributed by atoms with Gasteiger partial charge in [-0.1, -0.05) is 31.5 Å². The first-order valence-electron chi connectivity index (χ1n) is 9.80. The Labute approximate surface area is 171 Å². The number of hydrogen-bond acceptors (Lipinski definition) is 4. The monoisotopic (exact) mass is 396 g/mol. The Bertz CT molecular complexity index is 991. The van der Waals surface area contributed by atoms with Crippen LogP contribution in [0, 0.1) is 33.1 Å². The molecular formula is C23H28N2O4. The van der Waals surface area contributed by atoms with E-state index in [2.05, 4.69) is 10.6 Å². The Hall–Kier alpha value is -2.89. The summed E-state index contributed by atoms with van der Waals surface area (Å²) in [5.74, 6) is -0.144. The van der Waals surface area contributed by atoms with Crippen LogP contribution in [0.15, 0.2) is 16.5 Å². The molecule has 0 bridgehead atoms. The van der Waals surface area contributed by atoms with Crippen molar-refractivity contribution in [2.45, 2.75) is 54.4 Å². The van der Waals surface area contributed by atoms with Crippen molar-refractivity contribution in [3.8, 4) is 0 Å². The highest BCUT2D eigenvalue weighted by atomic mass is 16.4. The maximum atomic E-state index is 12.6. The number of benzene rings is 1. The molecule has 154 valence electrons. The van der Waals surface area contributed by atoms with Crippen LogP contribution in [-0.2, 0) is 11.2 Å². The van der Waals surface area contributed by atoms with E-state index < -0.39 is 5.91 Å². The molecule has 0 saturated heterocycles. The average molecular weight is 396 g/mol. The molecule has 6 nitrogen and oxygen atoms in total. The highest BCUT2D eigenvalue weighted by Crippen LogP contribution is 2.38. The van der Waals surface area contributed by atoms with E-state index in [4.69, 9.17) is 4.42 Å². The zero-order chi connectivity index (χ0) is 21.5. The van der Waals surface area contributed by atoms with Crippen molar-refractivity contribution in [1.29, 1.82) is 0 Å². The molecule has 0 radical (unpaired) electrons. The zero-order valence-corrected chi connectivity index (χ0v) is 17.9. The molecule has 0 spiro atoms. The molecular weight excluding hydrogens is 368 g/mol. The van der Waals surface area contributed by atoms with Crippen LogP contribution in [0.1, 0.15) is 69.2 Å². The van der Waals surface area contributed by atoms with E-state index in [1.54, 1.807) is 6.92 Å². The number of rotatable bonds is 4. The summed E-state index contributed by atoms with van der Waals surface area (Å²) >= 11 is 0. The molecule has 1 aliphatic rings. The van der Waals surface area contributed by atoms with Gasteiger partial charge in [0.15, 0.2) is 11.5 Å². The van der Waals surface area contributed by atoms with Crippen LogP contribution in [0.25, 0.3) is 0 Å². The summed E-state index contributed by atoms with van der Waals surface area (Å²) in [6.45, 7) is 11.4. The van der Waals surface area contributed by atoms with Crippen molar-refractivity contribution < 1.29 is 18.8 Å². The number of nitrogens with one attached hydrogen (secondary N) is 2. The van der Waals surface area contributed by atoms with Gasteiger partial charge in [-0.15, -0.1) is 0 Å². The second-order valence-electron chi connectivity index (χ2n) is 8.80. The van der Waals surface area contributed by atoms with E-state index in [9.17, 15) is 14.4 Å². The third-order valence-corrected chi connectivity index (χ3v) is 5.33. The lowest BCUT2D eigenvalue weighted by Crippen LogP contribution is -2.33. The van der Waals surface area contributed by atoms with E-state index in [-0.39, 0.29) is 29.4 Å². The molecule has 2 aromatic rings. The van der Waals surface area contributed by atoms with Crippen molar-refractivity contribution >= 4 is 23.3 Å². The van der Waals surface area contributed by atoms with Gasteiger partial charge in [0.05, 0.1) is 12.1 Å². The molecule has 0 atom stereocenters. The van der Waals surface area contributed by atoms with Crippen molar-refractivity contribution in [1.82, 2.24) is 5.32 Å². The Kier molecular flexibility index (Phi) is 5.39. The maximum Gasteiger partial charge on any atom is 0.287 e. The Morgan fingerprint density at radius 2 is 1.69 bits per heavy atom. The fourth-order valence-electron chi connectivity index (χ4n) is 4.10. The van der Waals surface area contributed by atoms with Gasteiger partial charge in [-0.05, 0) is 44.2 Å². The molecule has 0 saturated carbocycles. The van der Waals surface area contributed by atoms with Crippen LogP contribution in [0.4, 0.5) is 5.69 Å². The second kappa shape index (κ2) is 7.50. The summed E-state index contributed by atoms with van der Waals surface area (Å²) in [6.07, 6.45) is 1.04. The van der Waals surface area contributed by atoms with Crippen LogP contribution in [0.5, 0.6) is 0 Å². The summed E-state index contributed by atoms with van der Waals surface area (Å²) in [5, 5.41) is 5.45. The van der Waals surface area contributed by atoms with Crippen molar-refractivity contribution in [2.24, 2.45) is 5.41 Å². The first-order valence-corrected chi connectivity index (χ1v) is 9.80. The molecule has 1 aromatic carbocycles. The molecule has 1 aliphatic carbocycles. The first kappa shape index (κ1) is 20.8. The van der Waals surface area contributed by atoms with Gasteiger partial charge < -0.3 is 15.1 Å². The zero-order valence-electron chi connectivity index (χ0n) is 17.9. The summed E-state index contributed by atoms with van der Waals surface area (Å²) < 4.78 is 5.74. The Morgan fingerprint density at radius 3 is 2.31 bits per heavy atom. The number of Topliss-reactive ketones (excluding diaryl/α,β-unsaturated/α-hetero) is 1. The predicted octanol–water partition coefficient (Wildman–Crippen LogP) is 4.04. The minimum Gasteiger partial charge on any atom is -0.455 e. The number of aryl methyl sites for hydroxylation is 3. The van der Waals surface area contributed by atoms with E-state index in [0.29, 0.717) is 29.7 Å². The normalized spacial score (nSPS) is 15.0. The molecule has 1 aromatic heterocycles. The van der Waals surface area contributed by atoms with Crippen molar-refractivity contribution in [2.75, 3.05) is 11.9 Å². The molecule has 1 heterocycles. The van der Waals surface area contributed by atoms with E-state index in [1.807, 2.05) is 46.8 Å².